The number of carbonyl (C=O) groups is 4. The maximum absolute atomic E-state index is 13.1. The second-order valence-electron chi connectivity index (χ2n) is 30.6. The zero-order valence-corrected chi connectivity index (χ0v) is 69.8. The molecule has 0 aliphatic rings. The van der Waals surface area contributed by atoms with E-state index in [9.17, 15) is 43.2 Å². The van der Waals surface area contributed by atoms with E-state index >= 15 is 0 Å². The van der Waals surface area contributed by atoms with Gasteiger partial charge in [-0.2, -0.15) is 0 Å². The van der Waals surface area contributed by atoms with Crippen molar-refractivity contribution in [2.24, 2.45) is 0 Å². The van der Waals surface area contributed by atoms with E-state index in [2.05, 4.69) is 27.7 Å². The van der Waals surface area contributed by atoms with E-state index in [4.69, 9.17) is 37.0 Å². The summed E-state index contributed by atoms with van der Waals surface area (Å²) in [4.78, 5) is 73.1. The molecule has 2 unspecified atom stereocenters. The Kier molecular flexibility index (Phi) is 77.7. The molecule has 0 aromatic carbocycles. The lowest BCUT2D eigenvalue weighted by Gasteiger charge is -2.21. The summed E-state index contributed by atoms with van der Waals surface area (Å²) in [6.07, 6.45) is 73.7. The zero-order chi connectivity index (χ0) is 76.0. The third-order valence-electron chi connectivity index (χ3n) is 20.1. The van der Waals surface area contributed by atoms with Gasteiger partial charge in [0.1, 0.15) is 19.3 Å². The van der Waals surface area contributed by atoms with Crippen LogP contribution in [0.3, 0.4) is 0 Å². The zero-order valence-electron chi connectivity index (χ0n) is 68.0. The molecule has 0 amide bonds. The summed E-state index contributed by atoms with van der Waals surface area (Å²) in [7, 11) is -9.92. The third-order valence-corrected chi connectivity index (χ3v) is 22.0. The molecule has 0 aromatic heterocycles. The molecule has 618 valence electrons. The van der Waals surface area contributed by atoms with Gasteiger partial charge in [0.2, 0.25) is 0 Å². The first-order valence-electron chi connectivity index (χ1n) is 44.3. The van der Waals surface area contributed by atoms with Gasteiger partial charge in [-0.25, -0.2) is 9.13 Å². The number of unbranched alkanes of at least 4 members (excludes halogenated alkanes) is 60. The van der Waals surface area contributed by atoms with Crippen molar-refractivity contribution in [2.75, 3.05) is 39.6 Å². The highest BCUT2D eigenvalue weighted by atomic mass is 31.2. The molecule has 0 saturated carbocycles. The van der Waals surface area contributed by atoms with Gasteiger partial charge in [-0.3, -0.25) is 37.3 Å². The lowest BCUT2D eigenvalue weighted by molar-refractivity contribution is -0.161. The monoisotopic (exact) mass is 1520 g/mol. The third kappa shape index (κ3) is 78.2. The van der Waals surface area contributed by atoms with Crippen molar-refractivity contribution in [3.63, 3.8) is 0 Å². The quantitative estimate of drug-likeness (QED) is 0.0222. The molecular formula is C85H166O17P2. The highest BCUT2D eigenvalue weighted by Gasteiger charge is 2.30. The van der Waals surface area contributed by atoms with Crippen molar-refractivity contribution in [1.82, 2.24) is 0 Å². The van der Waals surface area contributed by atoms with Crippen LogP contribution in [-0.2, 0) is 65.4 Å². The Bertz CT molecular complexity index is 1960. The van der Waals surface area contributed by atoms with Gasteiger partial charge in [-0.1, -0.05) is 413 Å². The minimum absolute atomic E-state index is 0.109. The molecule has 17 nitrogen and oxygen atoms in total. The number of aliphatic hydroxyl groups is 1. The normalized spacial score (nSPS) is 13.7. The Labute approximate surface area is 638 Å². The molecule has 5 atom stereocenters. The van der Waals surface area contributed by atoms with Crippen LogP contribution in [-0.4, -0.2) is 96.7 Å². The average Bonchev–Trinajstić information content (AvgIpc) is 0.912. The number of rotatable bonds is 86. The largest absolute Gasteiger partial charge is 0.472 e. The van der Waals surface area contributed by atoms with E-state index < -0.39 is 97.5 Å². The Morgan fingerprint density at radius 1 is 0.231 bits per heavy atom. The first-order valence-corrected chi connectivity index (χ1v) is 47.3. The fourth-order valence-electron chi connectivity index (χ4n) is 13.3. The van der Waals surface area contributed by atoms with Crippen molar-refractivity contribution in [3.8, 4) is 0 Å². The lowest BCUT2D eigenvalue weighted by Crippen LogP contribution is -2.30. The van der Waals surface area contributed by atoms with Crippen LogP contribution in [0.1, 0.15) is 464 Å². The summed E-state index contributed by atoms with van der Waals surface area (Å²) in [6.45, 7) is 5.03. The number of aliphatic hydroxyl groups excluding tert-OH is 1. The number of carbonyl (C=O) groups excluding carboxylic acids is 4. The van der Waals surface area contributed by atoms with Gasteiger partial charge < -0.3 is 33.8 Å². The number of phosphoric acid groups is 2. The Balaban J connectivity index is 5.18. The van der Waals surface area contributed by atoms with E-state index in [0.29, 0.717) is 25.7 Å². The molecule has 0 bridgehead atoms. The predicted molar refractivity (Wildman–Crippen MR) is 428 cm³/mol. The van der Waals surface area contributed by atoms with Gasteiger partial charge in [-0.15, -0.1) is 0 Å². The van der Waals surface area contributed by atoms with Crippen LogP contribution in [0.2, 0.25) is 0 Å². The van der Waals surface area contributed by atoms with Gasteiger partial charge in [-0.05, 0) is 25.7 Å². The Hall–Kier alpha value is -1.94. The van der Waals surface area contributed by atoms with E-state index in [1.165, 1.54) is 295 Å². The fourth-order valence-corrected chi connectivity index (χ4v) is 14.9. The molecule has 0 rings (SSSR count). The molecule has 104 heavy (non-hydrogen) atoms. The number of hydrogen-bond donors (Lipinski definition) is 3. The summed E-state index contributed by atoms with van der Waals surface area (Å²) in [5.41, 5.74) is 0. The summed E-state index contributed by atoms with van der Waals surface area (Å²) >= 11 is 0. The average molecular weight is 1520 g/mol. The molecule has 0 heterocycles. The van der Waals surface area contributed by atoms with Gasteiger partial charge in [0.25, 0.3) is 0 Å². The molecular weight excluding hydrogens is 1350 g/mol. The second kappa shape index (κ2) is 79.2. The molecule has 0 aromatic rings. The minimum atomic E-state index is -4.96. The standard InChI is InChI=1S/C85H166O17P2/c1-5-9-13-17-21-25-28-31-34-37-39-40-41-44-47-50-53-56-60-64-68-72-85(90)102-81(76-96-83(88)70-66-62-58-54-51-48-45-43-38-35-32-29-26-22-18-14-10-6-2)78-100-104(93,94)98-74-79(86)73-97-103(91,92)99-77-80(75-95-82(87)69-65-61-57-24-20-16-12-8-4)101-84(89)71-67-63-59-55-52-49-46-42-36-33-30-27-23-19-15-11-7-3/h79-81,86H,5-78H2,1-4H3,(H,91,92)(H,93,94)/t79-,80+,81+/m0/s1. The maximum Gasteiger partial charge on any atom is 0.472 e. The van der Waals surface area contributed by atoms with E-state index in [1.807, 2.05) is 0 Å². The fraction of sp³-hybridized carbons (Fsp3) is 0.953. The first kappa shape index (κ1) is 102. The highest BCUT2D eigenvalue weighted by molar-refractivity contribution is 7.47. The Morgan fingerprint density at radius 3 is 0.567 bits per heavy atom. The number of esters is 4. The Morgan fingerprint density at radius 2 is 0.385 bits per heavy atom. The van der Waals surface area contributed by atoms with Crippen molar-refractivity contribution < 1.29 is 80.2 Å². The lowest BCUT2D eigenvalue weighted by atomic mass is 10.0. The van der Waals surface area contributed by atoms with E-state index in [-0.39, 0.29) is 25.7 Å². The molecule has 0 spiro atoms. The topological polar surface area (TPSA) is 237 Å². The van der Waals surface area contributed by atoms with Crippen molar-refractivity contribution in [1.29, 1.82) is 0 Å². The van der Waals surface area contributed by atoms with Crippen LogP contribution in [0.5, 0.6) is 0 Å². The molecule has 0 saturated heterocycles. The molecule has 0 fully saturated rings. The SMILES string of the molecule is CCCCCCCCCCCCCCCCCCCCCCCC(=O)O[C@H](COC(=O)CCCCCCCCCCCCCCCCCCCC)COP(=O)(O)OC[C@@H](O)COP(=O)(O)OC[C@@H](COC(=O)CCCCCCCCCC)OC(=O)CCCCCCCCCCCCCCCCCCC. The van der Waals surface area contributed by atoms with Crippen LogP contribution < -0.4 is 0 Å². The van der Waals surface area contributed by atoms with Crippen LogP contribution in [0.4, 0.5) is 0 Å². The van der Waals surface area contributed by atoms with Gasteiger partial charge in [0.05, 0.1) is 26.4 Å². The maximum atomic E-state index is 13.1. The summed E-state index contributed by atoms with van der Waals surface area (Å²) in [6, 6.07) is 0. The second-order valence-corrected chi connectivity index (χ2v) is 33.5. The van der Waals surface area contributed by atoms with Crippen molar-refractivity contribution in [3.05, 3.63) is 0 Å². The summed E-state index contributed by atoms with van der Waals surface area (Å²) in [5, 5.41) is 10.7. The summed E-state index contributed by atoms with van der Waals surface area (Å²) in [5.74, 6) is -2.10. The van der Waals surface area contributed by atoms with Gasteiger partial charge in [0.15, 0.2) is 12.2 Å². The molecule has 3 N–H and O–H groups in total. The van der Waals surface area contributed by atoms with Crippen molar-refractivity contribution in [2.45, 2.75) is 483 Å². The molecule has 0 aliphatic carbocycles. The van der Waals surface area contributed by atoms with Gasteiger partial charge in [0, 0.05) is 25.7 Å². The van der Waals surface area contributed by atoms with Gasteiger partial charge >= 0.3 is 39.5 Å². The number of ether oxygens (including phenoxy) is 4. The van der Waals surface area contributed by atoms with Crippen LogP contribution in [0.15, 0.2) is 0 Å². The van der Waals surface area contributed by atoms with E-state index in [1.54, 1.807) is 0 Å². The van der Waals surface area contributed by atoms with Crippen LogP contribution in [0, 0.1) is 0 Å². The molecule has 0 radical (unpaired) electrons. The number of hydrogen-bond acceptors (Lipinski definition) is 15. The van der Waals surface area contributed by atoms with Crippen LogP contribution in [0.25, 0.3) is 0 Å². The van der Waals surface area contributed by atoms with E-state index in [0.717, 1.165) is 89.9 Å². The number of phosphoric ester groups is 2. The first-order chi connectivity index (χ1) is 50.7. The van der Waals surface area contributed by atoms with Crippen molar-refractivity contribution >= 4 is 39.5 Å². The predicted octanol–water partition coefficient (Wildman–Crippen LogP) is 26.1. The summed E-state index contributed by atoms with van der Waals surface area (Å²) < 4.78 is 68.8. The van der Waals surface area contributed by atoms with Crippen LogP contribution >= 0.6 is 15.6 Å². The molecule has 0 aliphatic heterocycles. The smallest absolute Gasteiger partial charge is 0.462 e. The highest BCUT2D eigenvalue weighted by Crippen LogP contribution is 2.45. The molecule has 19 heteroatoms. The minimum Gasteiger partial charge on any atom is -0.462 e.